The smallest absolute Gasteiger partial charge is 0.265 e. The summed E-state index contributed by atoms with van der Waals surface area (Å²) in [4.78, 5) is 19.8. The molecule has 0 fully saturated rings. The number of rotatable bonds is 1. The molecule has 0 bridgehead atoms. The number of hydrogen-bond acceptors (Lipinski definition) is 3. The number of aryl methyl sites for hydroxylation is 1. The van der Waals surface area contributed by atoms with Gasteiger partial charge in [0.05, 0.1) is 5.69 Å². The van der Waals surface area contributed by atoms with Crippen molar-refractivity contribution >= 4 is 5.65 Å². The summed E-state index contributed by atoms with van der Waals surface area (Å²) in [6.07, 6.45) is 2.46. The minimum Gasteiger partial charge on any atom is -0.265 e. The van der Waals surface area contributed by atoms with E-state index in [1.54, 1.807) is 0 Å². The number of aromatic nitrogens is 3. The van der Waals surface area contributed by atoms with Crippen molar-refractivity contribution in [2.45, 2.75) is 6.92 Å². The molecule has 21 heavy (non-hydrogen) atoms. The minimum absolute atomic E-state index is 0.00640. The van der Waals surface area contributed by atoms with Crippen molar-refractivity contribution in [1.29, 1.82) is 0 Å². The summed E-state index contributed by atoms with van der Waals surface area (Å²) in [5.74, 6) is -2.56. The van der Waals surface area contributed by atoms with Crippen molar-refractivity contribution in [3.05, 3.63) is 64.1 Å². The van der Waals surface area contributed by atoms with Crippen LogP contribution in [0.3, 0.4) is 0 Å². The third kappa shape index (κ3) is 2.06. The van der Waals surface area contributed by atoms with Gasteiger partial charge in [-0.25, -0.2) is 13.8 Å². The molecule has 0 spiro atoms. The summed E-state index contributed by atoms with van der Waals surface area (Å²) in [7, 11) is 0. The molecule has 0 atom stereocenters. The van der Waals surface area contributed by atoms with Crippen molar-refractivity contribution in [3.63, 3.8) is 0 Å². The molecule has 0 saturated heterocycles. The van der Waals surface area contributed by atoms with Crippen LogP contribution in [0.25, 0.3) is 16.9 Å². The Bertz CT molecular complexity index is 921. The van der Waals surface area contributed by atoms with Crippen LogP contribution < -0.4 is 5.56 Å². The van der Waals surface area contributed by atoms with Crippen molar-refractivity contribution in [2.24, 2.45) is 0 Å². The molecular weight excluding hydrogens is 283 g/mol. The molecule has 1 aromatic carbocycles. The summed E-state index contributed by atoms with van der Waals surface area (Å²) in [5.41, 5.74) is -0.991. The number of nitrogens with zero attached hydrogens (tertiary/aromatic N) is 3. The fraction of sp³-hybridized carbons (Fsp3) is 0.0714. The van der Waals surface area contributed by atoms with Crippen LogP contribution in [0.5, 0.6) is 0 Å². The molecule has 0 N–H and O–H groups in total. The lowest BCUT2D eigenvalue weighted by atomic mass is 10.1. The molecule has 0 aliphatic carbocycles. The third-order valence-electron chi connectivity index (χ3n) is 3.04. The van der Waals surface area contributed by atoms with E-state index >= 15 is 0 Å². The topological polar surface area (TPSA) is 47.3 Å². The van der Waals surface area contributed by atoms with Crippen molar-refractivity contribution in [2.75, 3.05) is 0 Å². The van der Waals surface area contributed by atoms with Crippen molar-refractivity contribution in [3.8, 4) is 11.3 Å². The first kappa shape index (κ1) is 13.3. The quantitative estimate of drug-likeness (QED) is 0.692. The van der Waals surface area contributed by atoms with Crippen molar-refractivity contribution < 1.29 is 13.2 Å². The number of fused-ring (bicyclic) bond motifs is 1. The summed E-state index contributed by atoms with van der Waals surface area (Å²) in [6, 6.07) is 2.96. The lowest BCUT2D eigenvalue weighted by molar-refractivity contribution is 0.583. The molecule has 0 saturated carbocycles. The van der Waals surface area contributed by atoms with Gasteiger partial charge < -0.3 is 0 Å². The number of benzene rings is 1. The first-order valence-electron chi connectivity index (χ1n) is 5.98. The highest BCUT2D eigenvalue weighted by molar-refractivity contribution is 5.73. The molecule has 0 unspecified atom stereocenters. The molecule has 4 nitrogen and oxygen atoms in total. The zero-order valence-corrected chi connectivity index (χ0v) is 10.8. The van der Waals surface area contributed by atoms with E-state index in [2.05, 4.69) is 9.97 Å². The molecule has 0 amide bonds. The lowest BCUT2D eigenvalue weighted by Crippen LogP contribution is -2.21. The highest BCUT2D eigenvalue weighted by Crippen LogP contribution is 2.24. The van der Waals surface area contributed by atoms with Crippen molar-refractivity contribution in [1.82, 2.24) is 14.4 Å². The molecule has 7 heteroatoms. The highest BCUT2D eigenvalue weighted by Gasteiger charge is 2.16. The van der Waals surface area contributed by atoms with Crippen LogP contribution in [0.15, 0.2) is 35.4 Å². The molecule has 3 rings (SSSR count). The van der Waals surface area contributed by atoms with Gasteiger partial charge in [0, 0.05) is 24.0 Å². The van der Waals surface area contributed by atoms with Crippen LogP contribution in [0.1, 0.15) is 5.69 Å². The molecule has 2 heterocycles. The fourth-order valence-corrected chi connectivity index (χ4v) is 2.03. The number of halogens is 3. The van der Waals surface area contributed by atoms with E-state index in [-0.39, 0.29) is 22.6 Å². The van der Waals surface area contributed by atoms with E-state index in [0.29, 0.717) is 6.07 Å². The zero-order chi connectivity index (χ0) is 15.1. The largest absolute Gasteiger partial charge is 0.294 e. The van der Waals surface area contributed by atoms with Crippen LogP contribution >= 0.6 is 0 Å². The normalized spacial score (nSPS) is 11.0. The van der Waals surface area contributed by atoms with E-state index in [0.717, 1.165) is 10.5 Å². The monoisotopic (exact) mass is 291 g/mol. The zero-order valence-electron chi connectivity index (χ0n) is 10.8. The van der Waals surface area contributed by atoms with Gasteiger partial charge in [-0.3, -0.25) is 14.2 Å². The average molecular weight is 291 g/mol. The van der Waals surface area contributed by atoms with E-state index in [1.165, 1.54) is 25.4 Å². The Hall–Kier alpha value is -2.70. The number of hydrogen-bond donors (Lipinski definition) is 0. The van der Waals surface area contributed by atoms with Crippen LogP contribution in [0.2, 0.25) is 0 Å². The standard InChI is InChI=1S/C14H8F3N3O/c1-7-11(17)14(21)20-5-4-18-12(13(20)19-7)9-3-2-8(15)6-10(9)16/h2-6H,1H3. The average Bonchev–Trinajstić information content (AvgIpc) is 2.45. The maximum absolute atomic E-state index is 13.9. The molecule has 106 valence electrons. The van der Waals surface area contributed by atoms with Gasteiger partial charge in [0.15, 0.2) is 5.65 Å². The Morgan fingerprint density at radius 1 is 1.19 bits per heavy atom. The molecule has 2 aromatic heterocycles. The maximum Gasteiger partial charge on any atom is 0.294 e. The summed E-state index contributed by atoms with van der Waals surface area (Å²) in [5, 5.41) is 0. The van der Waals surface area contributed by atoms with Crippen LogP contribution in [-0.2, 0) is 0 Å². The van der Waals surface area contributed by atoms with Crippen LogP contribution in [0.4, 0.5) is 13.2 Å². The Morgan fingerprint density at radius 2 is 1.95 bits per heavy atom. The van der Waals surface area contributed by atoms with Gasteiger partial charge >= 0.3 is 0 Å². The van der Waals surface area contributed by atoms with Gasteiger partial charge in [-0.2, -0.15) is 4.39 Å². The van der Waals surface area contributed by atoms with Gasteiger partial charge in [0.1, 0.15) is 17.3 Å². The predicted molar refractivity (Wildman–Crippen MR) is 69.3 cm³/mol. The lowest BCUT2D eigenvalue weighted by Gasteiger charge is -2.08. The van der Waals surface area contributed by atoms with Gasteiger partial charge in [-0.1, -0.05) is 0 Å². The van der Waals surface area contributed by atoms with Crippen LogP contribution in [0, 0.1) is 24.4 Å². The summed E-state index contributed by atoms with van der Waals surface area (Å²) >= 11 is 0. The Kier molecular flexibility index (Phi) is 2.97. The van der Waals surface area contributed by atoms with E-state index in [9.17, 15) is 18.0 Å². The second-order valence-electron chi connectivity index (χ2n) is 4.41. The molecule has 0 aliphatic rings. The second-order valence-corrected chi connectivity index (χ2v) is 4.41. The van der Waals surface area contributed by atoms with Gasteiger partial charge in [0.2, 0.25) is 5.82 Å². The van der Waals surface area contributed by atoms with E-state index in [1.807, 2.05) is 0 Å². The van der Waals surface area contributed by atoms with E-state index < -0.39 is 23.0 Å². The molecule has 0 radical (unpaired) electrons. The SMILES string of the molecule is Cc1nc2c(-c3ccc(F)cc3F)nccn2c(=O)c1F. The van der Waals surface area contributed by atoms with Gasteiger partial charge in [-0.05, 0) is 19.1 Å². The maximum atomic E-state index is 13.9. The first-order valence-corrected chi connectivity index (χ1v) is 5.98. The minimum atomic E-state index is -0.982. The second kappa shape index (κ2) is 4.69. The Balaban J connectivity index is 2.41. The molecule has 0 aliphatic heterocycles. The van der Waals surface area contributed by atoms with E-state index in [4.69, 9.17) is 0 Å². The Morgan fingerprint density at radius 3 is 2.67 bits per heavy atom. The predicted octanol–water partition coefficient (Wildman–Crippen LogP) is 2.48. The molecular formula is C14H8F3N3O. The summed E-state index contributed by atoms with van der Waals surface area (Å²) in [6.45, 7) is 1.33. The molecule has 3 aromatic rings. The first-order chi connectivity index (χ1) is 9.99. The van der Waals surface area contributed by atoms with Gasteiger partial charge in [-0.15, -0.1) is 0 Å². The Labute approximate surface area is 116 Å². The summed E-state index contributed by atoms with van der Waals surface area (Å²) < 4.78 is 41.4. The van der Waals surface area contributed by atoms with Gasteiger partial charge in [0.25, 0.3) is 5.56 Å². The fourth-order valence-electron chi connectivity index (χ4n) is 2.03. The van der Waals surface area contributed by atoms with Crippen LogP contribution in [-0.4, -0.2) is 14.4 Å². The highest BCUT2D eigenvalue weighted by atomic mass is 19.1. The third-order valence-corrected chi connectivity index (χ3v) is 3.04.